The highest BCUT2D eigenvalue weighted by Gasteiger charge is 2.34. The van der Waals surface area contributed by atoms with E-state index >= 15 is 0 Å². The molecule has 0 N–H and O–H groups in total. The molecule has 0 unspecified atom stereocenters. The van der Waals surface area contributed by atoms with Crippen molar-refractivity contribution in [2.45, 2.75) is 57.6 Å². The number of alkyl halides is 4. The van der Waals surface area contributed by atoms with E-state index in [4.69, 9.17) is 11.6 Å². The van der Waals surface area contributed by atoms with Gasteiger partial charge in [0.2, 0.25) is 5.92 Å². The minimum Gasteiger partial charge on any atom is -0.344 e. The van der Waals surface area contributed by atoms with Crippen molar-refractivity contribution in [1.82, 2.24) is 4.57 Å². The van der Waals surface area contributed by atoms with Crippen LogP contribution in [0.3, 0.4) is 0 Å². The maximum absolute atomic E-state index is 13.3. The number of hydrogen-bond donors (Lipinski definition) is 0. The fourth-order valence-corrected chi connectivity index (χ4v) is 4.08. The van der Waals surface area contributed by atoms with Gasteiger partial charge in [-0.05, 0) is 37.3 Å². The Labute approximate surface area is 165 Å². The van der Waals surface area contributed by atoms with Gasteiger partial charge in [0.25, 0.3) is 0 Å². The zero-order valence-corrected chi connectivity index (χ0v) is 16.0. The van der Waals surface area contributed by atoms with Crippen molar-refractivity contribution in [3.8, 4) is 0 Å². The van der Waals surface area contributed by atoms with Crippen LogP contribution in [0.15, 0.2) is 24.4 Å². The molecule has 0 radical (unpaired) electrons. The standard InChI is InChI=1S/C20H22ClF4NO2/c21-15-2-1-3-16-18(15)14(12-26(16)10-11-28-19(22)23)17(27)5-4-13-6-8-20(24,25)9-7-13/h1-3,12-13,19H,4-11H2. The van der Waals surface area contributed by atoms with E-state index in [1.54, 1.807) is 29.0 Å². The molecule has 2 aromatic rings. The van der Waals surface area contributed by atoms with Gasteiger partial charge in [-0.2, -0.15) is 8.78 Å². The predicted molar refractivity (Wildman–Crippen MR) is 99.4 cm³/mol. The summed E-state index contributed by atoms with van der Waals surface area (Å²) in [6.07, 6.45) is 3.02. The van der Waals surface area contributed by atoms with E-state index in [1.807, 2.05) is 0 Å². The van der Waals surface area contributed by atoms with Crippen LogP contribution in [0.1, 0.15) is 48.9 Å². The molecule has 154 valence electrons. The maximum Gasteiger partial charge on any atom is 0.345 e. The lowest BCUT2D eigenvalue weighted by Gasteiger charge is -2.27. The van der Waals surface area contributed by atoms with E-state index in [2.05, 4.69) is 4.74 Å². The van der Waals surface area contributed by atoms with Crippen molar-refractivity contribution in [2.75, 3.05) is 6.61 Å². The summed E-state index contributed by atoms with van der Waals surface area (Å²) in [4.78, 5) is 12.8. The molecule has 1 saturated carbocycles. The van der Waals surface area contributed by atoms with Gasteiger partial charge in [-0.25, -0.2) is 8.78 Å². The maximum atomic E-state index is 13.3. The van der Waals surface area contributed by atoms with Crippen molar-refractivity contribution in [3.63, 3.8) is 0 Å². The second kappa shape index (κ2) is 8.82. The molecule has 3 rings (SSSR count). The van der Waals surface area contributed by atoms with E-state index in [0.29, 0.717) is 40.8 Å². The number of carbonyl (C=O) groups is 1. The Morgan fingerprint density at radius 2 is 2.00 bits per heavy atom. The lowest BCUT2D eigenvalue weighted by molar-refractivity contribution is -0.130. The number of carbonyl (C=O) groups excluding carboxylic acids is 1. The van der Waals surface area contributed by atoms with E-state index in [1.165, 1.54) is 0 Å². The molecule has 0 spiro atoms. The summed E-state index contributed by atoms with van der Waals surface area (Å²) in [5, 5.41) is 0.994. The number of ether oxygens (including phenoxy) is 1. The van der Waals surface area contributed by atoms with E-state index < -0.39 is 12.5 Å². The third kappa shape index (κ3) is 5.06. The van der Waals surface area contributed by atoms with Crippen LogP contribution in [-0.2, 0) is 11.3 Å². The van der Waals surface area contributed by atoms with Crippen LogP contribution >= 0.6 is 11.6 Å². The van der Waals surface area contributed by atoms with E-state index in [0.717, 1.165) is 0 Å². The van der Waals surface area contributed by atoms with Crippen LogP contribution in [0.4, 0.5) is 17.6 Å². The summed E-state index contributed by atoms with van der Waals surface area (Å²) in [5.41, 5.74) is 1.10. The lowest BCUT2D eigenvalue weighted by atomic mass is 9.83. The number of fused-ring (bicyclic) bond motifs is 1. The number of rotatable bonds is 8. The molecule has 0 atom stereocenters. The van der Waals surface area contributed by atoms with Crippen molar-refractivity contribution in [3.05, 3.63) is 35.0 Å². The van der Waals surface area contributed by atoms with Crippen LogP contribution in [0.5, 0.6) is 0 Å². The predicted octanol–water partition coefficient (Wildman–Crippen LogP) is 6.32. The van der Waals surface area contributed by atoms with Crippen molar-refractivity contribution in [1.29, 1.82) is 0 Å². The van der Waals surface area contributed by atoms with E-state index in [9.17, 15) is 22.4 Å². The molecular formula is C20H22ClF4NO2. The van der Waals surface area contributed by atoms with Gasteiger partial charge in [0.1, 0.15) is 0 Å². The minimum atomic E-state index is -2.85. The number of benzene rings is 1. The number of ketones is 1. The molecule has 0 aliphatic heterocycles. The molecule has 1 aliphatic rings. The Kier molecular flexibility index (Phi) is 6.65. The highest BCUT2D eigenvalue weighted by atomic mass is 35.5. The normalized spacial score (nSPS) is 17.5. The quantitative estimate of drug-likeness (QED) is 0.370. The highest BCUT2D eigenvalue weighted by Crippen LogP contribution is 2.38. The van der Waals surface area contributed by atoms with Gasteiger partial charge in [0, 0.05) is 43.0 Å². The monoisotopic (exact) mass is 419 g/mol. The minimum absolute atomic E-state index is 0.117. The van der Waals surface area contributed by atoms with Crippen molar-refractivity contribution >= 4 is 28.3 Å². The fourth-order valence-electron chi connectivity index (χ4n) is 3.80. The second-order valence-electron chi connectivity index (χ2n) is 7.26. The molecule has 28 heavy (non-hydrogen) atoms. The largest absolute Gasteiger partial charge is 0.345 e. The average Bonchev–Trinajstić information content (AvgIpc) is 3.00. The molecule has 1 aromatic heterocycles. The average molecular weight is 420 g/mol. The van der Waals surface area contributed by atoms with Crippen molar-refractivity contribution < 1.29 is 27.1 Å². The van der Waals surface area contributed by atoms with Gasteiger partial charge in [-0.1, -0.05) is 17.7 Å². The Hall–Kier alpha value is -1.60. The molecule has 8 heteroatoms. The molecule has 1 aromatic carbocycles. The zero-order chi connectivity index (χ0) is 20.3. The molecule has 1 heterocycles. The number of nitrogens with zero attached hydrogens (tertiary/aromatic N) is 1. The first kappa shape index (κ1) is 21.1. The third-order valence-electron chi connectivity index (χ3n) is 5.35. The third-order valence-corrected chi connectivity index (χ3v) is 5.66. The van der Waals surface area contributed by atoms with Gasteiger partial charge >= 0.3 is 6.61 Å². The second-order valence-corrected chi connectivity index (χ2v) is 7.67. The number of halogens is 5. The first-order valence-corrected chi connectivity index (χ1v) is 9.73. The topological polar surface area (TPSA) is 31.2 Å². The summed E-state index contributed by atoms with van der Waals surface area (Å²) in [5.74, 6) is -2.59. The molecule has 0 bridgehead atoms. The number of Topliss-reactive ketones (excluding diaryl/α,β-unsaturated/α-hetero) is 1. The summed E-state index contributed by atoms with van der Waals surface area (Å²) in [6, 6.07) is 5.17. The Balaban J connectivity index is 1.71. The molecule has 0 saturated heterocycles. The first-order valence-electron chi connectivity index (χ1n) is 9.35. The smallest absolute Gasteiger partial charge is 0.344 e. The fraction of sp³-hybridized carbons (Fsp3) is 0.550. The van der Waals surface area contributed by atoms with Gasteiger partial charge < -0.3 is 9.30 Å². The van der Waals surface area contributed by atoms with Crippen LogP contribution in [0, 0.1) is 5.92 Å². The SMILES string of the molecule is O=C(CCC1CCC(F)(F)CC1)c1cn(CCOC(F)F)c2cccc(Cl)c12. The van der Waals surface area contributed by atoms with Gasteiger partial charge in [0.15, 0.2) is 5.78 Å². The van der Waals surface area contributed by atoms with Gasteiger partial charge in [-0.15, -0.1) is 0 Å². The Morgan fingerprint density at radius 1 is 1.29 bits per heavy atom. The molecule has 1 fully saturated rings. The highest BCUT2D eigenvalue weighted by molar-refractivity contribution is 6.37. The van der Waals surface area contributed by atoms with Crippen LogP contribution < -0.4 is 0 Å². The Morgan fingerprint density at radius 3 is 2.68 bits per heavy atom. The van der Waals surface area contributed by atoms with Crippen LogP contribution in [-0.4, -0.2) is 29.5 Å². The summed E-state index contributed by atoms with van der Waals surface area (Å²) in [7, 11) is 0. The molecular weight excluding hydrogens is 398 g/mol. The Bertz CT molecular complexity index is 827. The van der Waals surface area contributed by atoms with Gasteiger partial charge in [-0.3, -0.25) is 4.79 Å². The van der Waals surface area contributed by atoms with Crippen LogP contribution in [0.25, 0.3) is 10.9 Å². The summed E-state index contributed by atoms with van der Waals surface area (Å²) in [6.45, 7) is -2.89. The molecule has 0 amide bonds. The summed E-state index contributed by atoms with van der Waals surface area (Å²) >= 11 is 6.28. The first-order chi connectivity index (χ1) is 13.3. The number of aromatic nitrogens is 1. The summed E-state index contributed by atoms with van der Waals surface area (Å²) < 4.78 is 57.0. The molecule has 1 aliphatic carbocycles. The molecule has 3 nitrogen and oxygen atoms in total. The lowest BCUT2D eigenvalue weighted by Crippen LogP contribution is -2.24. The van der Waals surface area contributed by atoms with Gasteiger partial charge in [0.05, 0.1) is 17.1 Å². The van der Waals surface area contributed by atoms with Crippen molar-refractivity contribution in [2.24, 2.45) is 5.92 Å². The zero-order valence-electron chi connectivity index (χ0n) is 15.3. The van der Waals surface area contributed by atoms with E-state index in [-0.39, 0.29) is 44.1 Å². The number of hydrogen-bond acceptors (Lipinski definition) is 2. The van der Waals surface area contributed by atoms with Crippen LogP contribution in [0.2, 0.25) is 5.02 Å².